The Hall–Kier alpha value is -1.23. The van der Waals surface area contributed by atoms with Crippen molar-refractivity contribution in [2.24, 2.45) is 10.9 Å². The Morgan fingerprint density at radius 2 is 1.97 bits per heavy atom. The van der Waals surface area contributed by atoms with Gasteiger partial charge in [0.15, 0.2) is 5.96 Å². The van der Waals surface area contributed by atoms with E-state index in [9.17, 15) is 13.2 Å². The average molecular weight is 539 g/mol. The van der Waals surface area contributed by atoms with E-state index in [1.807, 2.05) is 0 Å². The Balaban J connectivity index is 0.00000320. The Kier molecular flexibility index (Phi) is 9.52. The van der Waals surface area contributed by atoms with Crippen LogP contribution in [-0.4, -0.2) is 63.4 Å². The number of nitrogens with one attached hydrogen (secondary N) is 2. The molecule has 0 aromatic heterocycles. The van der Waals surface area contributed by atoms with Crippen molar-refractivity contribution < 1.29 is 13.2 Å². The summed E-state index contributed by atoms with van der Waals surface area (Å²) in [5.41, 5.74) is 2.45. The Bertz CT molecular complexity index is 691. The fourth-order valence-corrected chi connectivity index (χ4v) is 4.17. The molecule has 2 atom stereocenters. The Morgan fingerprint density at radius 3 is 2.63 bits per heavy atom. The minimum Gasteiger partial charge on any atom is -0.372 e. The Morgan fingerprint density at radius 1 is 1.23 bits per heavy atom. The lowest BCUT2D eigenvalue weighted by Crippen LogP contribution is -2.41. The highest BCUT2D eigenvalue weighted by molar-refractivity contribution is 14.0. The van der Waals surface area contributed by atoms with Crippen molar-refractivity contribution in [2.45, 2.75) is 38.4 Å². The fraction of sp³-hybridized carbons (Fsp3) is 0.667. The third kappa shape index (κ3) is 7.47. The van der Waals surface area contributed by atoms with Crippen LogP contribution >= 0.6 is 24.0 Å². The first-order valence-corrected chi connectivity index (χ1v) is 10.5. The molecule has 0 aliphatic carbocycles. The highest BCUT2D eigenvalue weighted by Crippen LogP contribution is 2.24. The zero-order valence-electron chi connectivity index (χ0n) is 17.7. The molecule has 170 valence electrons. The summed E-state index contributed by atoms with van der Waals surface area (Å²) in [6.45, 7) is 5.09. The lowest BCUT2D eigenvalue weighted by atomic mass is 10.1. The maximum Gasteiger partial charge on any atom is 0.401 e. The molecule has 5 nitrogen and oxygen atoms in total. The highest BCUT2D eigenvalue weighted by Gasteiger charge is 2.34. The quantitative estimate of drug-likeness (QED) is 0.326. The molecule has 2 fully saturated rings. The topological polar surface area (TPSA) is 42.9 Å². The number of hydrogen-bond acceptors (Lipinski definition) is 3. The molecule has 1 aromatic carbocycles. The van der Waals surface area contributed by atoms with Gasteiger partial charge in [-0.25, -0.2) is 0 Å². The summed E-state index contributed by atoms with van der Waals surface area (Å²) in [6, 6.07) is 8.65. The van der Waals surface area contributed by atoms with Gasteiger partial charge in [-0.1, -0.05) is 12.1 Å². The van der Waals surface area contributed by atoms with Gasteiger partial charge in [0, 0.05) is 38.9 Å². The fourth-order valence-electron chi connectivity index (χ4n) is 4.17. The standard InChI is InChI=1S/C21H32F3N5.HI/c1-16(18-6-5-7-19(12-18)29-9-3-4-10-29)27-20(25-2)26-13-17-8-11-28(14-17)15-21(22,23)24;/h5-7,12,16-17H,3-4,8-11,13-15H2,1-2H3,(H2,25,26,27);1H. The van der Waals surface area contributed by atoms with Gasteiger partial charge in [0.05, 0.1) is 12.6 Å². The van der Waals surface area contributed by atoms with E-state index in [0.717, 1.165) is 19.5 Å². The predicted molar refractivity (Wildman–Crippen MR) is 127 cm³/mol. The van der Waals surface area contributed by atoms with Crippen LogP contribution in [0.25, 0.3) is 0 Å². The van der Waals surface area contributed by atoms with Crippen LogP contribution in [0.2, 0.25) is 0 Å². The molecule has 0 amide bonds. The molecule has 2 heterocycles. The second-order valence-corrected chi connectivity index (χ2v) is 8.11. The van der Waals surface area contributed by atoms with E-state index < -0.39 is 12.7 Å². The van der Waals surface area contributed by atoms with Crippen LogP contribution in [0.3, 0.4) is 0 Å². The molecular weight excluding hydrogens is 506 g/mol. The number of benzene rings is 1. The second-order valence-electron chi connectivity index (χ2n) is 8.11. The molecule has 0 spiro atoms. The zero-order chi connectivity index (χ0) is 20.9. The largest absolute Gasteiger partial charge is 0.401 e. The first-order valence-electron chi connectivity index (χ1n) is 10.5. The van der Waals surface area contributed by atoms with Gasteiger partial charge in [0.25, 0.3) is 0 Å². The average Bonchev–Trinajstić information content (AvgIpc) is 3.36. The van der Waals surface area contributed by atoms with Gasteiger partial charge in [-0.2, -0.15) is 13.2 Å². The highest BCUT2D eigenvalue weighted by atomic mass is 127. The van der Waals surface area contributed by atoms with E-state index in [1.165, 1.54) is 29.0 Å². The maximum absolute atomic E-state index is 12.5. The molecule has 2 aliphatic heterocycles. The van der Waals surface area contributed by atoms with Crippen LogP contribution in [0.1, 0.15) is 37.8 Å². The van der Waals surface area contributed by atoms with Gasteiger partial charge in [0.1, 0.15) is 0 Å². The van der Waals surface area contributed by atoms with Crippen molar-refractivity contribution in [1.29, 1.82) is 0 Å². The van der Waals surface area contributed by atoms with Gasteiger partial charge < -0.3 is 15.5 Å². The van der Waals surface area contributed by atoms with Gasteiger partial charge in [-0.15, -0.1) is 24.0 Å². The van der Waals surface area contributed by atoms with Crippen LogP contribution in [-0.2, 0) is 0 Å². The van der Waals surface area contributed by atoms with Gasteiger partial charge in [-0.3, -0.25) is 9.89 Å². The lowest BCUT2D eigenvalue weighted by molar-refractivity contribution is -0.143. The molecule has 1 aromatic rings. The molecule has 2 unspecified atom stereocenters. The van der Waals surface area contributed by atoms with Crippen LogP contribution in [0, 0.1) is 5.92 Å². The van der Waals surface area contributed by atoms with Crippen LogP contribution in [0.4, 0.5) is 18.9 Å². The lowest BCUT2D eigenvalue weighted by Gasteiger charge is -2.23. The summed E-state index contributed by atoms with van der Waals surface area (Å²) < 4.78 is 37.6. The van der Waals surface area contributed by atoms with E-state index in [-0.39, 0.29) is 35.9 Å². The number of aliphatic imine (C=N–C) groups is 1. The van der Waals surface area contributed by atoms with Gasteiger partial charge >= 0.3 is 6.18 Å². The number of guanidine groups is 1. The molecule has 3 rings (SSSR count). The van der Waals surface area contributed by atoms with Gasteiger partial charge in [-0.05, 0) is 56.3 Å². The van der Waals surface area contributed by atoms with Crippen molar-refractivity contribution in [3.63, 3.8) is 0 Å². The normalized spacial score (nSPS) is 21.4. The minimum atomic E-state index is -4.13. The number of rotatable bonds is 6. The van der Waals surface area contributed by atoms with Crippen molar-refractivity contribution in [3.8, 4) is 0 Å². The smallest absolute Gasteiger partial charge is 0.372 e. The van der Waals surface area contributed by atoms with E-state index in [0.29, 0.717) is 25.6 Å². The first kappa shape index (κ1) is 25.0. The molecule has 0 bridgehead atoms. The monoisotopic (exact) mass is 539 g/mol. The summed E-state index contributed by atoms with van der Waals surface area (Å²) in [5.74, 6) is 0.878. The van der Waals surface area contributed by atoms with Crippen molar-refractivity contribution in [3.05, 3.63) is 29.8 Å². The van der Waals surface area contributed by atoms with E-state index >= 15 is 0 Å². The third-order valence-electron chi connectivity index (χ3n) is 5.75. The summed E-state index contributed by atoms with van der Waals surface area (Å²) >= 11 is 0. The van der Waals surface area contributed by atoms with Crippen molar-refractivity contribution >= 4 is 35.6 Å². The van der Waals surface area contributed by atoms with Crippen molar-refractivity contribution in [2.75, 3.05) is 51.2 Å². The summed E-state index contributed by atoms with van der Waals surface area (Å²) in [5, 5.41) is 6.69. The maximum atomic E-state index is 12.5. The number of likely N-dealkylation sites (tertiary alicyclic amines) is 1. The van der Waals surface area contributed by atoms with E-state index in [2.05, 4.69) is 51.7 Å². The molecule has 0 saturated carbocycles. The number of halogens is 4. The number of nitrogens with zero attached hydrogens (tertiary/aromatic N) is 3. The SMILES string of the molecule is CN=C(NCC1CCN(CC(F)(F)F)C1)NC(C)c1cccc(N2CCCC2)c1.I. The molecule has 2 aliphatic rings. The molecule has 2 saturated heterocycles. The third-order valence-corrected chi connectivity index (χ3v) is 5.75. The molecule has 30 heavy (non-hydrogen) atoms. The minimum absolute atomic E-state index is 0. The summed E-state index contributed by atoms with van der Waals surface area (Å²) in [7, 11) is 1.72. The van der Waals surface area contributed by atoms with Crippen molar-refractivity contribution in [1.82, 2.24) is 15.5 Å². The number of anilines is 1. The molecule has 9 heteroatoms. The van der Waals surface area contributed by atoms with E-state index in [1.54, 1.807) is 7.05 Å². The van der Waals surface area contributed by atoms with Crippen LogP contribution < -0.4 is 15.5 Å². The van der Waals surface area contributed by atoms with Crippen LogP contribution in [0.15, 0.2) is 29.3 Å². The second kappa shape index (κ2) is 11.4. The predicted octanol–water partition coefficient (Wildman–Crippen LogP) is 4.02. The first-order chi connectivity index (χ1) is 13.8. The zero-order valence-corrected chi connectivity index (χ0v) is 20.0. The van der Waals surface area contributed by atoms with Gasteiger partial charge in [0.2, 0.25) is 0 Å². The molecule has 2 N–H and O–H groups in total. The molecular formula is C21H33F3IN5. The molecule has 0 radical (unpaired) electrons. The summed E-state index contributed by atoms with van der Waals surface area (Å²) in [6.07, 6.45) is -0.862. The van der Waals surface area contributed by atoms with E-state index in [4.69, 9.17) is 0 Å². The number of hydrogen-bond donors (Lipinski definition) is 2. The Labute approximate surface area is 194 Å². The van der Waals surface area contributed by atoms with Crippen LogP contribution in [0.5, 0.6) is 0 Å². The number of alkyl halides is 3. The summed E-state index contributed by atoms with van der Waals surface area (Å²) in [4.78, 5) is 8.18.